The van der Waals surface area contributed by atoms with Crippen molar-refractivity contribution >= 4 is 15.6 Å². The SMILES string of the molecule is O=c1[nH]c(=O)n([C@H]2C[C@H](O)[C@@H](COP(=O)(O)OP(=O)(O)O)O2)cc1F. The van der Waals surface area contributed by atoms with Gasteiger partial charge < -0.3 is 24.5 Å². The van der Waals surface area contributed by atoms with E-state index in [0.717, 1.165) is 0 Å². The molecule has 1 aromatic heterocycles. The lowest BCUT2D eigenvalue weighted by atomic mass is 10.2. The molecule has 0 radical (unpaired) electrons. The molecule has 13 nitrogen and oxygen atoms in total. The first-order valence-electron chi connectivity index (χ1n) is 6.47. The van der Waals surface area contributed by atoms with Crippen LogP contribution in [0.4, 0.5) is 4.39 Å². The molecule has 16 heteroatoms. The number of aliphatic hydroxyl groups excluding tert-OH is 1. The van der Waals surface area contributed by atoms with E-state index >= 15 is 0 Å². The Morgan fingerprint density at radius 2 is 2.00 bits per heavy atom. The number of ether oxygens (including phenoxy) is 1. The van der Waals surface area contributed by atoms with Crippen molar-refractivity contribution in [2.75, 3.05) is 6.61 Å². The second-order valence-electron chi connectivity index (χ2n) is 4.91. The number of phosphoric ester groups is 1. The lowest BCUT2D eigenvalue weighted by Crippen LogP contribution is -2.34. The molecule has 2 rings (SSSR count). The molecule has 1 aromatic rings. The third-order valence-electron chi connectivity index (χ3n) is 3.05. The summed E-state index contributed by atoms with van der Waals surface area (Å²) in [4.78, 5) is 50.3. The summed E-state index contributed by atoms with van der Waals surface area (Å²) in [5.41, 5.74) is -2.25. The first-order chi connectivity index (χ1) is 11.4. The zero-order chi connectivity index (χ0) is 19.0. The van der Waals surface area contributed by atoms with E-state index in [4.69, 9.17) is 19.4 Å². The molecule has 142 valence electrons. The topological polar surface area (TPSA) is 198 Å². The summed E-state index contributed by atoms with van der Waals surface area (Å²) in [5, 5.41) is 9.81. The summed E-state index contributed by atoms with van der Waals surface area (Å²) >= 11 is 0. The maximum absolute atomic E-state index is 13.3. The van der Waals surface area contributed by atoms with E-state index in [-0.39, 0.29) is 6.42 Å². The second-order valence-corrected chi connectivity index (χ2v) is 7.74. The van der Waals surface area contributed by atoms with Crippen LogP contribution in [0.3, 0.4) is 0 Å². The standard InChI is InChI=1S/C9H13FN2O11P2/c10-4-2-12(9(15)11-8(4)14)7-1-5(13)6(22-7)3-21-25(19,20)23-24(16,17)18/h2,5-7,13H,1,3H2,(H,19,20)(H,11,14,15)(H2,16,17,18)/t5-,6+,7+/m0/s1. The van der Waals surface area contributed by atoms with Gasteiger partial charge in [0.05, 0.1) is 18.9 Å². The van der Waals surface area contributed by atoms with E-state index in [1.54, 1.807) is 4.98 Å². The Bertz CT molecular complexity index is 847. The average molecular weight is 406 g/mol. The van der Waals surface area contributed by atoms with E-state index in [0.29, 0.717) is 10.8 Å². The summed E-state index contributed by atoms with van der Waals surface area (Å²) < 4.78 is 48.8. The number of halogens is 1. The van der Waals surface area contributed by atoms with Crippen molar-refractivity contribution in [2.24, 2.45) is 0 Å². The number of H-pyrrole nitrogens is 1. The Morgan fingerprint density at radius 1 is 1.36 bits per heavy atom. The number of hydrogen-bond acceptors (Lipinski definition) is 8. The first-order valence-corrected chi connectivity index (χ1v) is 9.49. The maximum atomic E-state index is 13.3. The van der Waals surface area contributed by atoms with Crippen LogP contribution in [-0.4, -0.2) is 48.2 Å². The molecular formula is C9H13FN2O11P2. The zero-order valence-electron chi connectivity index (χ0n) is 12.1. The molecule has 0 amide bonds. The highest BCUT2D eigenvalue weighted by atomic mass is 31.3. The molecule has 1 aliphatic heterocycles. The van der Waals surface area contributed by atoms with Crippen LogP contribution in [-0.2, 0) is 22.7 Å². The third-order valence-corrected chi connectivity index (χ3v) is 5.20. The molecule has 1 unspecified atom stereocenters. The van der Waals surface area contributed by atoms with Crippen LogP contribution in [0.25, 0.3) is 0 Å². The van der Waals surface area contributed by atoms with Gasteiger partial charge in [-0.25, -0.2) is 13.9 Å². The molecule has 1 fully saturated rings. The highest BCUT2D eigenvalue weighted by molar-refractivity contribution is 7.60. The van der Waals surface area contributed by atoms with Gasteiger partial charge in [0.1, 0.15) is 12.3 Å². The number of phosphoric acid groups is 2. The number of nitrogens with one attached hydrogen (secondary N) is 1. The predicted molar refractivity (Wildman–Crippen MR) is 74.7 cm³/mol. The summed E-state index contributed by atoms with van der Waals surface area (Å²) in [7, 11) is -10.4. The van der Waals surface area contributed by atoms with E-state index in [9.17, 15) is 28.2 Å². The van der Waals surface area contributed by atoms with Gasteiger partial charge in [-0.15, -0.1) is 0 Å². The minimum Gasteiger partial charge on any atom is -0.390 e. The number of aromatic amines is 1. The highest BCUT2D eigenvalue weighted by Gasteiger charge is 2.39. The minimum atomic E-state index is -5.30. The zero-order valence-corrected chi connectivity index (χ0v) is 13.9. The van der Waals surface area contributed by atoms with Crippen molar-refractivity contribution < 1.29 is 46.9 Å². The monoisotopic (exact) mass is 406 g/mol. The second kappa shape index (κ2) is 7.19. The molecule has 0 saturated carbocycles. The normalized spacial score (nSPS) is 26.5. The lowest BCUT2D eigenvalue weighted by Gasteiger charge is -2.18. The van der Waals surface area contributed by atoms with Crippen LogP contribution in [0.2, 0.25) is 0 Å². The van der Waals surface area contributed by atoms with Gasteiger partial charge in [-0.1, -0.05) is 0 Å². The molecule has 2 heterocycles. The van der Waals surface area contributed by atoms with E-state index in [1.807, 2.05) is 0 Å². The quantitative estimate of drug-likeness (QED) is 0.346. The van der Waals surface area contributed by atoms with Crippen molar-refractivity contribution in [2.45, 2.75) is 24.9 Å². The Hall–Kier alpha value is -1.21. The number of rotatable bonds is 6. The van der Waals surface area contributed by atoms with E-state index in [1.165, 1.54) is 0 Å². The summed E-state index contributed by atoms with van der Waals surface area (Å²) in [6, 6.07) is 0. The minimum absolute atomic E-state index is 0.255. The Labute approximate surface area is 137 Å². The molecule has 0 bridgehead atoms. The molecule has 25 heavy (non-hydrogen) atoms. The van der Waals surface area contributed by atoms with Gasteiger partial charge in [-0.2, -0.15) is 8.70 Å². The molecule has 0 spiro atoms. The van der Waals surface area contributed by atoms with E-state index in [2.05, 4.69) is 8.83 Å². The van der Waals surface area contributed by atoms with Crippen LogP contribution < -0.4 is 11.2 Å². The first kappa shape index (κ1) is 20.1. The number of hydrogen-bond donors (Lipinski definition) is 5. The van der Waals surface area contributed by atoms with Crippen molar-refractivity contribution in [3.63, 3.8) is 0 Å². The van der Waals surface area contributed by atoms with Crippen molar-refractivity contribution in [1.29, 1.82) is 0 Å². The van der Waals surface area contributed by atoms with Gasteiger partial charge in [0, 0.05) is 6.42 Å². The predicted octanol–water partition coefficient (Wildman–Crippen LogP) is -1.45. The molecule has 1 saturated heterocycles. The third kappa shape index (κ3) is 5.38. The Balaban J connectivity index is 2.06. The van der Waals surface area contributed by atoms with Gasteiger partial charge in [-0.05, 0) is 0 Å². The summed E-state index contributed by atoms with van der Waals surface area (Å²) in [5.74, 6) is -1.27. The van der Waals surface area contributed by atoms with Crippen molar-refractivity contribution in [3.05, 3.63) is 32.9 Å². The van der Waals surface area contributed by atoms with Crippen molar-refractivity contribution in [3.8, 4) is 0 Å². The van der Waals surface area contributed by atoms with Crippen LogP contribution in [0, 0.1) is 5.82 Å². The van der Waals surface area contributed by atoms with Gasteiger partial charge in [0.2, 0.25) is 5.82 Å². The summed E-state index contributed by atoms with van der Waals surface area (Å²) in [6.07, 6.45) is -3.54. The van der Waals surface area contributed by atoms with Gasteiger partial charge in [-0.3, -0.25) is 18.9 Å². The highest BCUT2D eigenvalue weighted by Crippen LogP contribution is 2.57. The summed E-state index contributed by atoms with van der Waals surface area (Å²) in [6.45, 7) is -0.827. The molecule has 4 atom stereocenters. The fourth-order valence-corrected chi connectivity index (χ4v) is 3.64. The van der Waals surface area contributed by atoms with Crippen molar-refractivity contribution in [1.82, 2.24) is 9.55 Å². The molecular weight excluding hydrogens is 393 g/mol. The van der Waals surface area contributed by atoms with Crippen LogP contribution >= 0.6 is 15.6 Å². The van der Waals surface area contributed by atoms with Gasteiger partial charge >= 0.3 is 21.3 Å². The molecule has 5 N–H and O–H groups in total. The van der Waals surface area contributed by atoms with Crippen LogP contribution in [0.1, 0.15) is 12.6 Å². The smallest absolute Gasteiger partial charge is 0.390 e. The fourth-order valence-electron chi connectivity index (χ4n) is 2.04. The van der Waals surface area contributed by atoms with E-state index < -0.39 is 57.8 Å². The maximum Gasteiger partial charge on any atom is 0.481 e. The van der Waals surface area contributed by atoms with Crippen LogP contribution in [0.5, 0.6) is 0 Å². The van der Waals surface area contributed by atoms with Gasteiger partial charge in [0.25, 0.3) is 5.56 Å². The largest absolute Gasteiger partial charge is 0.481 e. The number of aromatic nitrogens is 2. The molecule has 0 aliphatic carbocycles. The lowest BCUT2D eigenvalue weighted by molar-refractivity contribution is -0.0453. The Morgan fingerprint density at radius 3 is 2.60 bits per heavy atom. The number of aliphatic hydroxyl groups is 1. The number of nitrogens with zero attached hydrogens (tertiary/aromatic N) is 1. The molecule has 0 aromatic carbocycles. The fraction of sp³-hybridized carbons (Fsp3) is 0.556. The average Bonchev–Trinajstić information content (AvgIpc) is 2.79. The molecule has 1 aliphatic rings. The Kier molecular flexibility index (Phi) is 5.78. The van der Waals surface area contributed by atoms with Gasteiger partial charge in [0.15, 0.2) is 0 Å². The van der Waals surface area contributed by atoms with Crippen LogP contribution in [0.15, 0.2) is 15.8 Å².